The van der Waals surface area contributed by atoms with Crippen molar-refractivity contribution in [3.05, 3.63) is 224 Å². The Morgan fingerprint density at radius 1 is 0.286 bits per heavy atom. The molecule has 0 atom stereocenters. The van der Waals surface area contributed by atoms with E-state index in [0.717, 1.165) is 71.7 Å². The Balaban J connectivity index is 0.879. The lowest BCUT2D eigenvalue weighted by atomic mass is 9.92. The van der Waals surface area contributed by atoms with Gasteiger partial charge in [-0.1, -0.05) is 158 Å². The molecule has 4 aromatic heterocycles. The Bertz CT molecular complexity index is 4870. The van der Waals surface area contributed by atoms with E-state index in [4.69, 9.17) is 8.83 Å². The smallest absolute Gasteiger partial charge is 0.138 e. The highest BCUT2D eigenvalue weighted by Crippen LogP contribution is 2.47. The minimum absolute atomic E-state index is 0.869. The number of benzene rings is 12. The number of aromatic nitrogens is 1. The van der Waals surface area contributed by atoms with Crippen LogP contribution in [0, 0.1) is 0 Å². The van der Waals surface area contributed by atoms with Gasteiger partial charge in [0.25, 0.3) is 0 Å². The van der Waals surface area contributed by atoms with E-state index in [1.165, 1.54) is 85.5 Å². The molecule has 0 amide bonds. The highest BCUT2D eigenvalue weighted by Gasteiger charge is 2.22. The highest BCUT2D eigenvalue weighted by atomic mass is 32.1. The molecule has 0 spiro atoms. The first-order chi connectivity index (χ1) is 34.7. The van der Waals surface area contributed by atoms with Crippen molar-refractivity contribution in [1.82, 2.24) is 4.57 Å². The molecule has 324 valence electrons. The predicted octanol–water partition coefficient (Wildman–Crippen LogP) is 19.4. The Kier molecular flexibility index (Phi) is 7.77. The van der Waals surface area contributed by atoms with Gasteiger partial charge in [-0.05, 0) is 121 Å². The first-order valence-corrected chi connectivity index (χ1v) is 24.7. The maximum Gasteiger partial charge on any atom is 0.138 e. The van der Waals surface area contributed by atoms with Crippen LogP contribution in [-0.2, 0) is 0 Å². The molecule has 3 nitrogen and oxygen atoms in total. The molecule has 0 saturated heterocycles. The number of thiophene rings is 1. The summed E-state index contributed by atoms with van der Waals surface area (Å²) in [6.07, 6.45) is 0. The summed E-state index contributed by atoms with van der Waals surface area (Å²) >= 11 is 1.88. The number of nitrogens with zero attached hydrogens (tertiary/aromatic N) is 1. The Morgan fingerprint density at radius 2 is 0.800 bits per heavy atom. The van der Waals surface area contributed by atoms with E-state index in [1.54, 1.807) is 0 Å². The summed E-state index contributed by atoms with van der Waals surface area (Å²) < 4.78 is 18.0. The van der Waals surface area contributed by atoms with Crippen LogP contribution in [-0.4, -0.2) is 4.57 Å². The summed E-state index contributed by atoms with van der Waals surface area (Å²) in [6.45, 7) is 0. The average molecular weight is 908 g/mol. The summed E-state index contributed by atoms with van der Waals surface area (Å²) in [7, 11) is 0. The molecule has 0 saturated carbocycles. The lowest BCUT2D eigenvalue weighted by Crippen LogP contribution is -1.95. The lowest BCUT2D eigenvalue weighted by molar-refractivity contribution is 0.668. The number of furan rings is 2. The van der Waals surface area contributed by atoms with Crippen LogP contribution in [0.2, 0.25) is 0 Å². The monoisotopic (exact) mass is 907 g/mol. The molecule has 16 aromatic rings. The van der Waals surface area contributed by atoms with Crippen LogP contribution in [0.25, 0.3) is 157 Å². The van der Waals surface area contributed by atoms with E-state index < -0.39 is 0 Å². The SMILES string of the molecule is c1ccc2c(c1)oc1ccc(-c3ccc4c(c3)c3ccccc3n4-c3cc(-c4cccc5c4sc4cc(-c6ccc7c8ccccc8c8ccccc8c7c6)ccc45)c4c(c3)oc3ccccc34)cc12. The molecule has 16 rings (SSSR count). The number of rotatable bonds is 4. The molecule has 0 aliphatic heterocycles. The second-order valence-corrected chi connectivity index (χ2v) is 19.8. The molecule has 0 N–H and O–H groups in total. The summed E-state index contributed by atoms with van der Waals surface area (Å²) in [5.41, 5.74) is 14.0. The van der Waals surface area contributed by atoms with Crippen molar-refractivity contribution in [1.29, 1.82) is 0 Å². The van der Waals surface area contributed by atoms with Crippen molar-refractivity contribution in [3.63, 3.8) is 0 Å². The van der Waals surface area contributed by atoms with Crippen molar-refractivity contribution in [2.24, 2.45) is 0 Å². The fraction of sp³-hybridized carbons (Fsp3) is 0. The molecule has 0 unspecified atom stereocenters. The molecule has 12 aromatic carbocycles. The second kappa shape index (κ2) is 14.3. The molecule has 4 heteroatoms. The maximum atomic E-state index is 6.81. The van der Waals surface area contributed by atoms with Crippen LogP contribution in [0.5, 0.6) is 0 Å². The first-order valence-electron chi connectivity index (χ1n) is 23.9. The summed E-state index contributed by atoms with van der Waals surface area (Å²) in [5, 5.41) is 17.2. The molecule has 0 radical (unpaired) electrons. The van der Waals surface area contributed by atoms with E-state index in [0.29, 0.717) is 0 Å². The van der Waals surface area contributed by atoms with Crippen LogP contribution in [0.3, 0.4) is 0 Å². The minimum Gasteiger partial charge on any atom is -0.456 e. The normalized spacial score (nSPS) is 12.3. The zero-order chi connectivity index (χ0) is 45.6. The predicted molar refractivity (Wildman–Crippen MR) is 297 cm³/mol. The molecule has 0 aliphatic rings. The van der Waals surface area contributed by atoms with Gasteiger partial charge in [0.2, 0.25) is 0 Å². The number of para-hydroxylation sites is 3. The molecule has 0 bridgehead atoms. The Labute approximate surface area is 404 Å². The summed E-state index contributed by atoms with van der Waals surface area (Å²) in [6, 6.07) is 82.1. The molecule has 70 heavy (non-hydrogen) atoms. The minimum atomic E-state index is 0.869. The lowest BCUT2D eigenvalue weighted by Gasteiger charge is -2.13. The summed E-state index contributed by atoms with van der Waals surface area (Å²) in [5.74, 6) is 0. The molecular weight excluding hydrogens is 871 g/mol. The van der Waals surface area contributed by atoms with Crippen LogP contribution < -0.4 is 0 Å². The van der Waals surface area contributed by atoms with Crippen LogP contribution in [0.15, 0.2) is 233 Å². The summed E-state index contributed by atoms with van der Waals surface area (Å²) in [4.78, 5) is 0. The van der Waals surface area contributed by atoms with Crippen molar-refractivity contribution in [2.45, 2.75) is 0 Å². The van der Waals surface area contributed by atoms with Gasteiger partial charge >= 0.3 is 0 Å². The van der Waals surface area contributed by atoms with Crippen molar-refractivity contribution in [2.75, 3.05) is 0 Å². The first kappa shape index (κ1) is 38.1. The Morgan fingerprint density at radius 3 is 1.57 bits per heavy atom. The third kappa shape index (κ3) is 5.39. The van der Waals surface area contributed by atoms with Gasteiger partial charge in [-0.2, -0.15) is 0 Å². The molecule has 4 heterocycles. The van der Waals surface area contributed by atoms with Gasteiger partial charge in [0.1, 0.15) is 22.3 Å². The fourth-order valence-electron chi connectivity index (χ4n) is 11.8. The highest BCUT2D eigenvalue weighted by molar-refractivity contribution is 7.26. The van der Waals surface area contributed by atoms with E-state index in [9.17, 15) is 0 Å². The van der Waals surface area contributed by atoms with Crippen LogP contribution >= 0.6 is 11.3 Å². The van der Waals surface area contributed by atoms with E-state index in [2.05, 4.69) is 217 Å². The number of fused-ring (bicyclic) bond motifs is 18. The third-order valence-electron chi connectivity index (χ3n) is 15.0. The number of hydrogen-bond donors (Lipinski definition) is 0. The standard InChI is InChI=1S/C66H37NO2S/c1-2-14-45-43(12-1)44-13-3-4-15-46(44)54-32-38(24-28-47(45)54)41-25-29-50-51-19-11-20-52(66(51)70-64(50)35-41)57-36-42(37-63-65(57)53-18-7-10-23-61(53)69-63)67-58-21-8-5-16-48(58)55-33-39(26-30-59(55)67)40-27-31-62-56(34-40)49-17-6-9-22-60(49)68-62/h1-37H. The van der Waals surface area contributed by atoms with Crippen LogP contribution in [0.1, 0.15) is 0 Å². The van der Waals surface area contributed by atoms with Gasteiger partial charge in [-0.25, -0.2) is 0 Å². The zero-order valence-electron chi connectivity index (χ0n) is 37.5. The van der Waals surface area contributed by atoms with Crippen molar-refractivity contribution < 1.29 is 8.83 Å². The largest absolute Gasteiger partial charge is 0.456 e. The van der Waals surface area contributed by atoms with E-state index in [-0.39, 0.29) is 0 Å². The molecule has 0 aliphatic carbocycles. The van der Waals surface area contributed by atoms with Gasteiger partial charge in [0.05, 0.1) is 16.7 Å². The fourth-order valence-corrected chi connectivity index (χ4v) is 13.1. The van der Waals surface area contributed by atoms with Crippen molar-refractivity contribution in [3.8, 4) is 39.1 Å². The number of hydrogen-bond acceptors (Lipinski definition) is 3. The third-order valence-corrected chi connectivity index (χ3v) is 16.2. The van der Waals surface area contributed by atoms with Crippen molar-refractivity contribution >= 4 is 130 Å². The molecular formula is C66H37NO2S. The average Bonchev–Trinajstić information content (AvgIpc) is 4.19. The second-order valence-electron chi connectivity index (χ2n) is 18.7. The quantitative estimate of drug-likeness (QED) is 0.165. The molecule has 0 fully saturated rings. The van der Waals surface area contributed by atoms with Gasteiger partial charge in [-0.15, -0.1) is 11.3 Å². The van der Waals surface area contributed by atoms with Gasteiger partial charge in [0.15, 0.2) is 0 Å². The Hall–Kier alpha value is -8.96. The van der Waals surface area contributed by atoms with Gasteiger partial charge in [0, 0.05) is 64.1 Å². The van der Waals surface area contributed by atoms with Crippen LogP contribution in [0.4, 0.5) is 0 Å². The van der Waals surface area contributed by atoms with E-state index in [1.807, 2.05) is 23.5 Å². The maximum absolute atomic E-state index is 6.81. The zero-order valence-corrected chi connectivity index (χ0v) is 38.4. The van der Waals surface area contributed by atoms with Gasteiger partial charge in [-0.3, -0.25) is 0 Å². The van der Waals surface area contributed by atoms with E-state index >= 15 is 0 Å². The topological polar surface area (TPSA) is 31.2 Å². The van der Waals surface area contributed by atoms with Gasteiger partial charge < -0.3 is 13.4 Å².